The van der Waals surface area contributed by atoms with Crippen molar-refractivity contribution in [2.75, 3.05) is 5.43 Å². The minimum Gasteiger partial charge on any atom is -0.364 e. The van der Waals surface area contributed by atoms with E-state index in [9.17, 15) is 0 Å². The van der Waals surface area contributed by atoms with Gasteiger partial charge >= 0.3 is 0 Å². The molecular formula is C13H14Cl2N4. The summed E-state index contributed by atoms with van der Waals surface area (Å²) in [7, 11) is 0. The largest absolute Gasteiger partial charge is 0.364 e. The zero-order valence-corrected chi connectivity index (χ0v) is 12.4. The molecule has 100 valence electrons. The van der Waals surface area contributed by atoms with Gasteiger partial charge in [0.25, 0.3) is 0 Å². The molecule has 2 heterocycles. The van der Waals surface area contributed by atoms with E-state index < -0.39 is 0 Å². The van der Waals surface area contributed by atoms with Gasteiger partial charge in [-0.15, -0.1) is 0 Å². The molecule has 0 unspecified atom stereocenters. The fourth-order valence-corrected chi connectivity index (χ4v) is 2.33. The summed E-state index contributed by atoms with van der Waals surface area (Å²) in [5.41, 5.74) is 7.04. The number of aryl methyl sites for hydroxylation is 2. The highest BCUT2D eigenvalue weighted by molar-refractivity contribution is 6.35. The molecule has 2 aromatic heterocycles. The Hall–Kier alpha value is -1.52. The number of pyridine rings is 1. The summed E-state index contributed by atoms with van der Waals surface area (Å²) in [6.45, 7) is 5.97. The van der Waals surface area contributed by atoms with Crippen molar-refractivity contribution in [1.82, 2.24) is 9.97 Å². The van der Waals surface area contributed by atoms with E-state index in [0.29, 0.717) is 15.9 Å². The first kappa shape index (κ1) is 13.9. The van der Waals surface area contributed by atoms with Crippen molar-refractivity contribution >= 4 is 34.7 Å². The topological polar surface area (TPSA) is 53.1 Å². The monoisotopic (exact) mass is 296 g/mol. The quantitative estimate of drug-likeness (QED) is 0.660. The number of anilines is 1. The van der Waals surface area contributed by atoms with Crippen LogP contribution >= 0.6 is 23.2 Å². The third kappa shape index (κ3) is 3.08. The molecule has 0 fully saturated rings. The maximum absolute atomic E-state index is 6.02. The van der Waals surface area contributed by atoms with Gasteiger partial charge in [-0.2, -0.15) is 5.10 Å². The predicted molar refractivity (Wildman–Crippen MR) is 80.4 cm³/mol. The van der Waals surface area contributed by atoms with Crippen molar-refractivity contribution in [3.8, 4) is 0 Å². The molecule has 0 saturated heterocycles. The van der Waals surface area contributed by atoms with Crippen molar-refractivity contribution < 1.29 is 0 Å². The molecule has 2 aromatic rings. The SMILES string of the molecule is C/C(=N\Nc1ncc(Cl)cc1Cl)c1c(C)c[nH]c1C. The van der Waals surface area contributed by atoms with E-state index in [4.69, 9.17) is 23.2 Å². The Kier molecular flexibility index (Phi) is 4.12. The predicted octanol–water partition coefficient (Wildman–Crippen LogP) is 4.17. The normalized spacial score (nSPS) is 11.7. The average molecular weight is 297 g/mol. The van der Waals surface area contributed by atoms with Gasteiger partial charge in [-0.3, -0.25) is 5.43 Å². The molecule has 0 spiro atoms. The molecular weight excluding hydrogens is 283 g/mol. The minimum atomic E-state index is 0.437. The molecule has 19 heavy (non-hydrogen) atoms. The number of hydrogen-bond acceptors (Lipinski definition) is 3. The van der Waals surface area contributed by atoms with Crippen molar-refractivity contribution in [2.24, 2.45) is 5.10 Å². The maximum atomic E-state index is 6.02. The van der Waals surface area contributed by atoms with Gasteiger partial charge in [-0.1, -0.05) is 23.2 Å². The van der Waals surface area contributed by atoms with E-state index in [1.165, 1.54) is 6.20 Å². The van der Waals surface area contributed by atoms with Crippen LogP contribution in [0.4, 0.5) is 5.82 Å². The second kappa shape index (κ2) is 5.63. The molecule has 4 nitrogen and oxygen atoms in total. The average Bonchev–Trinajstić information content (AvgIpc) is 2.68. The molecule has 0 radical (unpaired) electrons. The second-order valence-electron chi connectivity index (χ2n) is 4.26. The number of aromatic nitrogens is 2. The van der Waals surface area contributed by atoms with E-state index in [-0.39, 0.29) is 0 Å². The molecule has 0 aliphatic carbocycles. The van der Waals surface area contributed by atoms with Crippen LogP contribution in [0.25, 0.3) is 0 Å². The molecule has 0 aliphatic rings. The van der Waals surface area contributed by atoms with Gasteiger partial charge in [0.05, 0.1) is 15.8 Å². The van der Waals surface area contributed by atoms with E-state index in [1.807, 2.05) is 27.0 Å². The van der Waals surface area contributed by atoms with Crippen LogP contribution in [0.3, 0.4) is 0 Å². The van der Waals surface area contributed by atoms with Crippen LogP contribution in [-0.4, -0.2) is 15.7 Å². The molecule has 0 bridgehead atoms. The van der Waals surface area contributed by atoms with Crippen molar-refractivity contribution in [3.05, 3.63) is 45.3 Å². The number of H-pyrrole nitrogens is 1. The molecule has 0 atom stereocenters. The first-order valence-corrected chi connectivity index (χ1v) is 6.51. The van der Waals surface area contributed by atoms with Gasteiger partial charge in [0.2, 0.25) is 0 Å². The summed E-state index contributed by atoms with van der Waals surface area (Å²) in [6.07, 6.45) is 3.48. The van der Waals surface area contributed by atoms with Gasteiger partial charge in [0.15, 0.2) is 5.82 Å². The molecule has 2 rings (SSSR count). The van der Waals surface area contributed by atoms with Crippen molar-refractivity contribution in [2.45, 2.75) is 20.8 Å². The van der Waals surface area contributed by atoms with Gasteiger partial charge in [-0.05, 0) is 32.4 Å². The van der Waals surface area contributed by atoms with E-state index >= 15 is 0 Å². The number of hydrogen-bond donors (Lipinski definition) is 2. The number of nitrogens with one attached hydrogen (secondary N) is 2. The lowest BCUT2D eigenvalue weighted by molar-refractivity contribution is 1.21. The van der Waals surface area contributed by atoms with Crippen LogP contribution in [0, 0.1) is 13.8 Å². The first-order chi connectivity index (χ1) is 8.99. The van der Waals surface area contributed by atoms with Gasteiger partial charge in [-0.25, -0.2) is 4.98 Å². The summed E-state index contributed by atoms with van der Waals surface area (Å²) < 4.78 is 0. The van der Waals surface area contributed by atoms with Crippen LogP contribution < -0.4 is 5.43 Å². The maximum Gasteiger partial charge on any atom is 0.165 e. The lowest BCUT2D eigenvalue weighted by Crippen LogP contribution is -2.03. The van der Waals surface area contributed by atoms with Crippen LogP contribution in [-0.2, 0) is 0 Å². The Balaban J connectivity index is 2.23. The first-order valence-electron chi connectivity index (χ1n) is 5.75. The Morgan fingerprint density at radius 1 is 1.37 bits per heavy atom. The van der Waals surface area contributed by atoms with Crippen LogP contribution in [0.1, 0.15) is 23.7 Å². The van der Waals surface area contributed by atoms with Crippen LogP contribution in [0.5, 0.6) is 0 Å². The number of halogens is 2. The smallest absolute Gasteiger partial charge is 0.165 e. The Bertz CT molecular complexity index is 612. The Labute approximate surface area is 121 Å². The molecule has 2 N–H and O–H groups in total. The standard InChI is InChI=1S/C13H14Cl2N4/c1-7-5-16-8(2)12(7)9(3)18-19-13-11(15)4-10(14)6-17-13/h4-6,16H,1-3H3,(H,17,19)/b18-9+. The summed E-state index contributed by atoms with van der Waals surface area (Å²) in [5.74, 6) is 0.483. The number of nitrogens with zero attached hydrogens (tertiary/aromatic N) is 2. The number of rotatable bonds is 3. The van der Waals surface area contributed by atoms with E-state index in [2.05, 4.69) is 20.5 Å². The minimum absolute atomic E-state index is 0.437. The Morgan fingerprint density at radius 2 is 2.11 bits per heavy atom. The fraction of sp³-hybridized carbons (Fsp3) is 0.231. The van der Waals surface area contributed by atoms with E-state index in [1.54, 1.807) is 6.07 Å². The fourth-order valence-electron chi connectivity index (χ4n) is 1.90. The summed E-state index contributed by atoms with van der Waals surface area (Å²) >= 11 is 11.8. The molecule has 0 saturated carbocycles. The molecule has 0 aromatic carbocycles. The summed E-state index contributed by atoms with van der Waals surface area (Å²) in [4.78, 5) is 7.25. The van der Waals surface area contributed by atoms with Crippen molar-refractivity contribution in [3.63, 3.8) is 0 Å². The highest BCUT2D eigenvalue weighted by Crippen LogP contribution is 2.22. The lowest BCUT2D eigenvalue weighted by atomic mass is 10.1. The third-order valence-electron chi connectivity index (χ3n) is 2.77. The summed E-state index contributed by atoms with van der Waals surface area (Å²) in [5, 5.41) is 5.24. The second-order valence-corrected chi connectivity index (χ2v) is 5.11. The Morgan fingerprint density at radius 3 is 2.68 bits per heavy atom. The van der Waals surface area contributed by atoms with Gasteiger partial charge in [0.1, 0.15) is 0 Å². The number of hydrazone groups is 1. The highest BCUT2D eigenvalue weighted by Gasteiger charge is 2.08. The highest BCUT2D eigenvalue weighted by atomic mass is 35.5. The zero-order chi connectivity index (χ0) is 14.0. The van der Waals surface area contributed by atoms with Gasteiger partial charge < -0.3 is 4.98 Å². The lowest BCUT2D eigenvalue weighted by Gasteiger charge is -2.05. The van der Waals surface area contributed by atoms with E-state index in [0.717, 1.165) is 22.5 Å². The third-order valence-corrected chi connectivity index (χ3v) is 3.27. The number of aromatic amines is 1. The van der Waals surface area contributed by atoms with Crippen molar-refractivity contribution in [1.29, 1.82) is 0 Å². The molecule has 0 aliphatic heterocycles. The zero-order valence-electron chi connectivity index (χ0n) is 10.9. The van der Waals surface area contributed by atoms with Crippen LogP contribution in [0.2, 0.25) is 10.0 Å². The molecule has 6 heteroatoms. The van der Waals surface area contributed by atoms with Gasteiger partial charge in [0, 0.05) is 23.7 Å². The summed E-state index contributed by atoms with van der Waals surface area (Å²) in [6, 6.07) is 1.62. The molecule has 0 amide bonds. The van der Waals surface area contributed by atoms with Crippen LogP contribution in [0.15, 0.2) is 23.6 Å².